The Kier molecular flexibility index (Phi) is 6.32. The number of nitrogens with zero attached hydrogens (tertiary/aromatic N) is 1. The highest BCUT2D eigenvalue weighted by atomic mass is 32.2. The lowest BCUT2D eigenvalue weighted by atomic mass is 10.0. The van der Waals surface area contributed by atoms with E-state index >= 15 is 0 Å². The molecule has 0 amide bonds. The van der Waals surface area contributed by atoms with Gasteiger partial charge in [0.05, 0.1) is 18.2 Å². The van der Waals surface area contributed by atoms with Crippen LogP contribution >= 0.6 is 0 Å². The van der Waals surface area contributed by atoms with Crippen LogP contribution < -0.4 is 8.92 Å². The molecule has 3 aromatic carbocycles. The van der Waals surface area contributed by atoms with Crippen molar-refractivity contribution >= 4 is 21.8 Å². The first kappa shape index (κ1) is 20.2. The van der Waals surface area contributed by atoms with Gasteiger partial charge in [-0.1, -0.05) is 54.6 Å². The summed E-state index contributed by atoms with van der Waals surface area (Å²) >= 11 is 0. The molecular formula is C23H19NO4S. The predicted octanol–water partition coefficient (Wildman–Crippen LogP) is 4.92. The maximum Gasteiger partial charge on any atom is 0.339 e. The van der Waals surface area contributed by atoms with Crippen molar-refractivity contribution in [3.05, 3.63) is 90.0 Å². The second kappa shape index (κ2) is 9.09. The SMILES string of the molecule is CCOc1cc(/C=C(\C#N)c2ccccc2)ccc1OS(=O)(=O)c1ccccc1. The van der Waals surface area contributed by atoms with E-state index in [0.29, 0.717) is 17.7 Å². The van der Waals surface area contributed by atoms with E-state index in [1.165, 1.54) is 18.2 Å². The number of benzene rings is 3. The molecular weight excluding hydrogens is 386 g/mol. The fourth-order valence-electron chi connectivity index (χ4n) is 2.67. The molecule has 0 fully saturated rings. The van der Waals surface area contributed by atoms with Gasteiger partial charge in [0.1, 0.15) is 4.90 Å². The van der Waals surface area contributed by atoms with Gasteiger partial charge in [-0.15, -0.1) is 0 Å². The van der Waals surface area contributed by atoms with Gasteiger partial charge in [-0.3, -0.25) is 0 Å². The lowest BCUT2D eigenvalue weighted by molar-refractivity contribution is 0.327. The molecule has 0 aliphatic rings. The number of hydrogen-bond acceptors (Lipinski definition) is 5. The van der Waals surface area contributed by atoms with Gasteiger partial charge in [-0.05, 0) is 48.4 Å². The molecule has 0 saturated carbocycles. The number of hydrogen-bond donors (Lipinski definition) is 0. The minimum Gasteiger partial charge on any atom is -0.490 e. The second-order valence-corrected chi connectivity index (χ2v) is 7.57. The monoisotopic (exact) mass is 405 g/mol. The highest BCUT2D eigenvalue weighted by molar-refractivity contribution is 7.87. The Bertz CT molecular complexity index is 1150. The minimum atomic E-state index is -3.99. The molecule has 3 aromatic rings. The molecule has 0 heterocycles. The normalized spacial score (nSPS) is 11.5. The number of rotatable bonds is 7. The first-order valence-corrected chi connectivity index (χ1v) is 10.4. The summed E-state index contributed by atoms with van der Waals surface area (Å²) < 4.78 is 35.9. The van der Waals surface area contributed by atoms with Crippen LogP contribution in [0.2, 0.25) is 0 Å². The Morgan fingerprint density at radius 1 is 0.966 bits per heavy atom. The van der Waals surface area contributed by atoms with Gasteiger partial charge < -0.3 is 8.92 Å². The fraction of sp³-hybridized carbons (Fsp3) is 0.0870. The molecule has 0 aliphatic heterocycles. The molecule has 0 unspecified atom stereocenters. The molecule has 0 bridgehead atoms. The van der Waals surface area contributed by atoms with Crippen molar-refractivity contribution in [3.63, 3.8) is 0 Å². The van der Waals surface area contributed by atoms with Crippen molar-refractivity contribution in [2.24, 2.45) is 0 Å². The van der Waals surface area contributed by atoms with Crippen LogP contribution in [0, 0.1) is 11.3 Å². The molecule has 3 rings (SSSR count). The van der Waals surface area contributed by atoms with Crippen molar-refractivity contribution in [1.82, 2.24) is 0 Å². The van der Waals surface area contributed by atoms with Crippen LogP contribution in [-0.2, 0) is 10.1 Å². The highest BCUT2D eigenvalue weighted by Gasteiger charge is 2.19. The quantitative estimate of drug-likeness (QED) is 0.317. The summed E-state index contributed by atoms with van der Waals surface area (Å²) in [5.41, 5.74) is 1.97. The molecule has 0 atom stereocenters. The predicted molar refractivity (Wildman–Crippen MR) is 112 cm³/mol. The van der Waals surface area contributed by atoms with Gasteiger partial charge in [0, 0.05) is 0 Å². The lowest BCUT2D eigenvalue weighted by Crippen LogP contribution is -2.10. The Morgan fingerprint density at radius 3 is 2.24 bits per heavy atom. The van der Waals surface area contributed by atoms with Crippen molar-refractivity contribution in [2.75, 3.05) is 6.61 Å². The van der Waals surface area contributed by atoms with Crippen LogP contribution in [0.5, 0.6) is 11.5 Å². The molecule has 0 radical (unpaired) electrons. The molecule has 29 heavy (non-hydrogen) atoms. The Balaban J connectivity index is 1.95. The Labute approximate surface area is 170 Å². The third-order valence-corrected chi connectivity index (χ3v) is 5.26. The number of nitriles is 1. The Morgan fingerprint density at radius 2 is 1.62 bits per heavy atom. The van der Waals surface area contributed by atoms with E-state index in [0.717, 1.165) is 5.56 Å². The van der Waals surface area contributed by atoms with Gasteiger partial charge in [0.15, 0.2) is 11.5 Å². The van der Waals surface area contributed by atoms with Gasteiger partial charge in [-0.2, -0.15) is 13.7 Å². The summed E-state index contributed by atoms with van der Waals surface area (Å²) in [6.07, 6.45) is 1.72. The summed E-state index contributed by atoms with van der Waals surface area (Å²) in [6, 6.07) is 24.2. The zero-order valence-corrected chi connectivity index (χ0v) is 16.6. The van der Waals surface area contributed by atoms with Crippen LogP contribution in [0.25, 0.3) is 11.6 Å². The standard InChI is InChI=1S/C23H19NO4S/c1-2-27-23-16-18(15-20(17-24)19-9-5-3-6-10-19)13-14-22(23)28-29(25,26)21-11-7-4-8-12-21/h3-16H,2H2,1H3/b20-15+. The maximum absolute atomic E-state index is 12.5. The third kappa shape index (κ3) is 5.03. The first-order chi connectivity index (χ1) is 14.0. The van der Waals surface area contributed by atoms with Gasteiger partial charge in [-0.25, -0.2) is 0 Å². The van der Waals surface area contributed by atoms with E-state index in [9.17, 15) is 13.7 Å². The summed E-state index contributed by atoms with van der Waals surface area (Å²) in [7, 11) is -3.99. The van der Waals surface area contributed by atoms with Crippen molar-refractivity contribution in [2.45, 2.75) is 11.8 Å². The smallest absolute Gasteiger partial charge is 0.339 e. The van der Waals surface area contributed by atoms with Crippen molar-refractivity contribution in [1.29, 1.82) is 5.26 Å². The molecule has 0 spiro atoms. The zero-order valence-electron chi connectivity index (χ0n) is 15.8. The van der Waals surface area contributed by atoms with Crippen LogP contribution in [0.1, 0.15) is 18.1 Å². The largest absolute Gasteiger partial charge is 0.490 e. The minimum absolute atomic E-state index is 0.0577. The molecule has 0 N–H and O–H groups in total. The molecule has 6 heteroatoms. The number of allylic oxidation sites excluding steroid dienone is 1. The van der Waals surface area contributed by atoms with Crippen LogP contribution in [-0.4, -0.2) is 15.0 Å². The van der Waals surface area contributed by atoms with Crippen LogP contribution in [0.3, 0.4) is 0 Å². The average molecular weight is 405 g/mol. The molecule has 5 nitrogen and oxygen atoms in total. The zero-order chi connectivity index (χ0) is 20.7. The van der Waals surface area contributed by atoms with E-state index in [2.05, 4.69) is 6.07 Å². The van der Waals surface area contributed by atoms with E-state index in [1.54, 1.807) is 43.3 Å². The molecule has 146 valence electrons. The van der Waals surface area contributed by atoms with E-state index < -0.39 is 10.1 Å². The fourth-order valence-corrected chi connectivity index (χ4v) is 3.63. The first-order valence-electron chi connectivity index (χ1n) is 8.97. The summed E-state index contributed by atoms with van der Waals surface area (Å²) in [5.74, 6) is 0.372. The molecule has 0 aromatic heterocycles. The van der Waals surface area contributed by atoms with E-state index in [-0.39, 0.29) is 16.4 Å². The lowest BCUT2D eigenvalue weighted by Gasteiger charge is -2.12. The average Bonchev–Trinajstić information content (AvgIpc) is 2.75. The Hall–Kier alpha value is -3.56. The van der Waals surface area contributed by atoms with Gasteiger partial charge >= 0.3 is 10.1 Å². The van der Waals surface area contributed by atoms with Crippen molar-refractivity contribution in [3.8, 4) is 17.6 Å². The number of ether oxygens (including phenoxy) is 1. The topological polar surface area (TPSA) is 76.4 Å². The van der Waals surface area contributed by atoms with Crippen LogP contribution in [0.15, 0.2) is 83.8 Å². The van der Waals surface area contributed by atoms with Crippen molar-refractivity contribution < 1.29 is 17.3 Å². The summed E-state index contributed by atoms with van der Waals surface area (Å²) in [5, 5.41) is 9.49. The molecule has 0 saturated heterocycles. The van der Waals surface area contributed by atoms with E-state index in [1.807, 2.05) is 30.3 Å². The summed E-state index contributed by atoms with van der Waals surface area (Å²) in [6.45, 7) is 2.13. The molecule has 0 aliphatic carbocycles. The maximum atomic E-state index is 12.5. The third-order valence-electron chi connectivity index (χ3n) is 4.02. The van der Waals surface area contributed by atoms with Gasteiger partial charge in [0.2, 0.25) is 0 Å². The summed E-state index contributed by atoms with van der Waals surface area (Å²) in [4.78, 5) is 0.0577. The van der Waals surface area contributed by atoms with E-state index in [4.69, 9.17) is 8.92 Å². The van der Waals surface area contributed by atoms with Crippen LogP contribution in [0.4, 0.5) is 0 Å². The highest BCUT2D eigenvalue weighted by Crippen LogP contribution is 2.32. The van der Waals surface area contributed by atoms with Gasteiger partial charge in [0.25, 0.3) is 0 Å². The second-order valence-electron chi connectivity index (χ2n) is 6.03.